The molecule has 0 spiro atoms. The predicted octanol–water partition coefficient (Wildman–Crippen LogP) is 1.23. The normalized spacial score (nSPS) is 20.4. The van der Waals surface area contributed by atoms with Gasteiger partial charge in [0.25, 0.3) is 0 Å². The summed E-state index contributed by atoms with van der Waals surface area (Å²) in [6.45, 7) is 6.79. The van der Waals surface area contributed by atoms with E-state index in [2.05, 4.69) is 9.97 Å². The number of sulfonamides is 1. The summed E-state index contributed by atoms with van der Waals surface area (Å²) in [5.74, 6) is 0.307. The molecule has 1 aromatic heterocycles. The van der Waals surface area contributed by atoms with Gasteiger partial charge in [0.1, 0.15) is 6.54 Å². The third kappa shape index (κ3) is 4.16. The summed E-state index contributed by atoms with van der Waals surface area (Å²) < 4.78 is 27.7. The first kappa shape index (κ1) is 23.7. The van der Waals surface area contributed by atoms with Crippen LogP contribution in [0.2, 0.25) is 0 Å². The molecule has 0 atom stereocenters. The molecule has 186 valence electrons. The zero-order valence-electron chi connectivity index (χ0n) is 20.1. The summed E-state index contributed by atoms with van der Waals surface area (Å²) in [4.78, 5) is 40.5. The van der Waals surface area contributed by atoms with E-state index in [0.717, 1.165) is 12.8 Å². The standard InChI is InChI=1S/C24H30N6O4S/c1-24(2)19-16-18(35(33,34)29-10-3-4-11-29)6-7-20(19)30(22(24)32)17-21(31)27-12-14-28(15-13-27)23-25-8-5-9-26-23/h5-9,16H,3-4,10-15,17H2,1-2H3. The summed E-state index contributed by atoms with van der Waals surface area (Å²) in [6.07, 6.45) is 5.10. The lowest BCUT2D eigenvalue weighted by molar-refractivity contribution is -0.132. The Morgan fingerprint density at radius 3 is 2.31 bits per heavy atom. The Labute approximate surface area is 205 Å². The van der Waals surface area contributed by atoms with Crippen molar-refractivity contribution in [2.45, 2.75) is 37.0 Å². The summed E-state index contributed by atoms with van der Waals surface area (Å²) in [7, 11) is -3.60. The minimum Gasteiger partial charge on any atom is -0.338 e. The van der Waals surface area contributed by atoms with Crippen molar-refractivity contribution >= 4 is 33.5 Å². The summed E-state index contributed by atoms with van der Waals surface area (Å²) >= 11 is 0. The first-order chi connectivity index (χ1) is 16.7. The van der Waals surface area contributed by atoms with E-state index in [1.54, 1.807) is 55.4 Å². The second-order valence-corrected chi connectivity index (χ2v) is 11.7. The van der Waals surface area contributed by atoms with E-state index >= 15 is 0 Å². The van der Waals surface area contributed by atoms with E-state index in [4.69, 9.17) is 0 Å². The lowest BCUT2D eigenvalue weighted by atomic mass is 9.86. The highest BCUT2D eigenvalue weighted by molar-refractivity contribution is 7.89. The molecule has 5 rings (SSSR count). The number of hydrogen-bond acceptors (Lipinski definition) is 7. The third-order valence-corrected chi connectivity index (χ3v) is 9.07. The number of aromatic nitrogens is 2. The molecule has 0 N–H and O–H groups in total. The van der Waals surface area contributed by atoms with E-state index in [0.29, 0.717) is 56.5 Å². The second kappa shape index (κ2) is 8.87. The van der Waals surface area contributed by atoms with E-state index in [-0.39, 0.29) is 23.3 Å². The van der Waals surface area contributed by atoms with Crippen molar-refractivity contribution in [2.24, 2.45) is 0 Å². The van der Waals surface area contributed by atoms with Gasteiger partial charge in [-0.05, 0) is 56.5 Å². The molecule has 0 bridgehead atoms. The van der Waals surface area contributed by atoms with Crippen LogP contribution in [0.4, 0.5) is 11.6 Å². The number of carbonyl (C=O) groups is 2. The van der Waals surface area contributed by atoms with E-state index in [1.165, 1.54) is 9.21 Å². The molecule has 0 saturated carbocycles. The van der Waals surface area contributed by atoms with Crippen molar-refractivity contribution in [3.63, 3.8) is 0 Å². The highest BCUT2D eigenvalue weighted by atomic mass is 32.2. The van der Waals surface area contributed by atoms with Gasteiger partial charge in [0.2, 0.25) is 27.8 Å². The van der Waals surface area contributed by atoms with Crippen LogP contribution in [-0.2, 0) is 25.0 Å². The van der Waals surface area contributed by atoms with E-state index in [9.17, 15) is 18.0 Å². The predicted molar refractivity (Wildman–Crippen MR) is 131 cm³/mol. The summed E-state index contributed by atoms with van der Waals surface area (Å²) in [6, 6.07) is 6.60. The van der Waals surface area contributed by atoms with Crippen LogP contribution in [0.5, 0.6) is 0 Å². The topological polar surface area (TPSA) is 107 Å². The molecule has 2 fully saturated rings. The molecular formula is C24H30N6O4S. The molecule has 10 nitrogen and oxygen atoms in total. The first-order valence-corrected chi connectivity index (χ1v) is 13.4. The number of amides is 2. The SMILES string of the molecule is CC1(C)C(=O)N(CC(=O)N2CCN(c3ncccn3)CC2)c2ccc(S(=O)(=O)N3CCCC3)cc21. The van der Waals surface area contributed by atoms with Crippen LogP contribution < -0.4 is 9.80 Å². The Balaban J connectivity index is 1.32. The maximum atomic E-state index is 13.3. The maximum Gasteiger partial charge on any atom is 0.243 e. The summed E-state index contributed by atoms with van der Waals surface area (Å²) in [5, 5.41) is 0. The number of fused-ring (bicyclic) bond motifs is 1. The fraction of sp³-hybridized carbons (Fsp3) is 0.500. The van der Waals surface area contributed by atoms with Gasteiger partial charge in [-0.25, -0.2) is 18.4 Å². The van der Waals surface area contributed by atoms with Gasteiger partial charge in [-0.2, -0.15) is 4.31 Å². The molecule has 1 aromatic carbocycles. The Morgan fingerprint density at radius 2 is 1.66 bits per heavy atom. The largest absolute Gasteiger partial charge is 0.338 e. The molecule has 2 amide bonds. The van der Waals surface area contributed by atoms with Crippen LogP contribution >= 0.6 is 0 Å². The Kier molecular flexibility index (Phi) is 6.00. The van der Waals surface area contributed by atoms with Gasteiger partial charge in [0.05, 0.1) is 10.3 Å². The average molecular weight is 499 g/mol. The van der Waals surface area contributed by atoms with Crippen molar-refractivity contribution in [1.82, 2.24) is 19.2 Å². The van der Waals surface area contributed by atoms with Crippen LogP contribution in [0.25, 0.3) is 0 Å². The highest BCUT2D eigenvalue weighted by Crippen LogP contribution is 2.43. The number of piperazine rings is 1. The van der Waals surface area contributed by atoms with Gasteiger partial charge in [-0.3, -0.25) is 9.59 Å². The maximum absolute atomic E-state index is 13.3. The summed E-state index contributed by atoms with van der Waals surface area (Å²) in [5.41, 5.74) is 0.321. The lowest BCUT2D eigenvalue weighted by Crippen LogP contribution is -2.52. The minimum absolute atomic E-state index is 0.0741. The number of benzene rings is 1. The molecule has 0 radical (unpaired) electrons. The smallest absolute Gasteiger partial charge is 0.243 e. The average Bonchev–Trinajstić information content (AvgIpc) is 3.48. The molecule has 0 unspecified atom stereocenters. The van der Waals surface area contributed by atoms with Gasteiger partial charge in [0.15, 0.2) is 0 Å². The van der Waals surface area contributed by atoms with Crippen LogP contribution in [0.3, 0.4) is 0 Å². The van der Waals surface area contributed by atoms with Crippen LogP contribution in [-0.4, -0.2) is 85.2 Å². The Bertz CT molecular complexity index is 1240. The third-order valence-electron chi connectivity index (χ3n) is 7.18. The molecule has 0 aliphatic carbocycles. The number of carbonyl (C=O) groups excluding carboxylic acids is 2. The van der Waals surface area contributed by atoms with Crippen molar-refractivity contribution in [3.05, 3.63) is 42.2 Å². The van der Waals surface area contributed by atoms with Crippen molar-refractivity contribution in [1.29, 1.82) is 0 Å². The molecule has 11 heteroatoms. The minimum atomic E-state index is -3.60. The highest BCUT2D eigenvalue weighted by Gasteiger charge is 2.45. The molecule has 35 heavy (non-hydrogen) atoms. The fourth-order valence-electron chi connectivity index (χ4n) is 5.05. The van der Waals surface area contributed by atoms with Gasteiger partial charge in [0, 0.05) is 57.3 Å². The molecular weight excluding hydrogens is 468 g/mol. The Morgan fingerprint density at radius 1 is 1.00 bits per heavy atom. The molecule has 2 saturated heterocycles. The number of anilines is 2. The quantitative estimate of drug-likeness (QED) is 0.610. The zero-order chi connectivity index (χ0) is 24.8. The van der Waals surface area contributed by atoms with Gasteiger partial charge in [-0.15, -0.1) is 0 Å². The van der Waals surface area contributed by atoms with E-state index in [1.807, 2.05) is 4.90 Å². The number of hydrogen-bond donors (Lipinski definition) is 0. The van der Waals surface area contributed by atoms with Crippen molar-refractivity contribution in [2.75, 3.05) is 55.6 Å². The number of rotatable bonds is 5. The van der Waals surface area contributed by atoms with Crippen LogP contribution in [0, 0.1) is 0 Å². The molecule has 4 heterocycles. The van der Waals surface area contributed by atoms with Crippen LogP contribution in [0.1, 0.15) is 32.3 Å². The fourth-order valence-corrected chi connectivity index (χ4v) is 6.60. The van der Waals surface area contributed by atoms with Crippen molar-refractivity contribution in [3.8, 4) is 0 Å². The van der Waals surface area contributed by atoms with E-state index < -0.39 is 15.4 Å². The molecule has 3 aliphatic heterocycles. The van der Waals surface area contributed by atoms with Gasteiger partial charge >= 0.3 is 0 Å². The zero-order valence-corrected chi connectivity index (χ0v) is 20.9. The number of nitrogens with zero attached hydrogens (tertiary/aromatic N) is 6. The van der Waals surface area contributed by atoms with Gasteiger partial charge in [-0.1, -0.05) is 0 Å². The lowest BCUT2D eigenvalue weighted by Gasteiger charge is -2.35. The van der Waals surface area contributed by atoms with Gasteiger partial charge < -0.3 is 14.7 Å². The first-order valence-electron chi connectivity index (χ1n) is 12.0. The molecule has 2 aromatic rings. The molecule has 3 aliphatic rings. The van der Waals surface area contributed by atoms with Crippen LogP contribution in [0.15, 0.2) is 41.6 Å². The van der Waals surface area contributed by atoms with Crippen molar-refractivity contribution < 1.29 is 18.0 Å². The Hall–Kier alpha value is -3.05. The second-order valence-electron chi connectivity index (χ2n) is 9.72. The monoisotopic (exact) mass is 498 g/mol.